The highest BCUT2D eigenvalue weighted by Gasteiger charge is 2.34. The highest BCUT2D eigenvalue weighted by atomic mass is 19.4. The molecular weight excluding hydrogens is 361 g/mol. The zero-order valence-corrected chi connectivity index (χ0v) is 14.6. The number of carbonyl (C=O) groups excluding carboxylic acids is 1. The monoisotopic (exact) mass is 380 g/mol. The summed E-state index contributed by atoms with van der Waals surface area (Å²) in [5, 5.41) is 9.99. The van der Waals surface area contributed by atoms with Crippen molar-refractivity contribution >= 4 is 5.91 Å². The van der Waals surface area contributed by atoms with E-state index in [2.05, 4.69) is 4.98 Å². The van der Waals surface area contributed by atoms with Crippen molar-refractivity contribution in [2.75, 3.05) is 19.8 Å². The lowest BCUT2D eigenvalue weighted by atomic mass is 10.0. The number of alkyl halides is 3. The van der Waals surface area contributed by atoms with Gasteiger partial charge in [-0.15, -0.1) is 0 Å². The van der Waals surface area contributed by atoms with E-state index in [-0.39, 0.29) is 19.1 Å². The fourth-order valence-corrected chi connectivity index (χ4v) is 3.07. The van der Waals surface area contributed by atoms with Crippen LogP contribution in [0.3, 0.4) is 0 Å². The molecular formula is C19H19F3N2O3. The predicted molar refractivity (Wildman–Crippen MR) is 92.0 cm³/mol. The van der Waals surface area contributed by atoms with E-state index in [1.54, 1.807) is 24.3 Å². The molecule has 2 atom stereocenters. The molecule has 3 rings (SSSR count). The summed E-state index contributed by atoms with van der Waals surface area (Å²) in [7, 11) is 0. The first-order valence-electron chi connectivity index (χ1n) is 8.51. The maximum Gasteiger partial charge on any atom is 0.417 e. The number of aromatic nitrogens is 1. The van der Waals surface area contributed by atoms with Gasteiger partial charge in [0.05, 0.1) is 36.6 Å². The fraction of sp³-hybridized carbons (Fsp3) is 0.368. The first-order chi connectivity index (χ1) is 12.8. The number of halogens is 3. The number of pyridine rings is 1. The van der Waals surface area contributed by atoms with E-state index < -0.39 is 23.9 Å². The number of hydrogen-bond acceptors (Lipinski definition) is 4. The molecule has 144 valence electrons. The predicted octanol–water partition coefficient (Wildman–Crippen LogP) is 2.99. The molecule has 1 aromatic heterocycles. The topological polar surface area (TPSA) is 62.7 Å². The van der Waals surface area contributed by atoms with Gasteiger partial charge >= 0.3 is 6.18 Å². The first kappa shape index (κ1) is 19.3. The van der Waals surface area contributed by atoms with Gasteiger partial charge in [0.25, 0.3) is 5.91 Å². The Morgan fingerprint density at radius 2 is 2.07 bits per heavy atom. The van der Waals surface area contributed by atoms with E-state index in [1.165, 1.54) is 11.0 Å². The van der Waals surface area contributed by atoms with Gasteiger partial charge in [0.15, 0.2) is 0 Å². The van der Waals surface area contributed by atoms with E-state index in [9.17, 15) is 23.1 Å². The third kappa shape index (κ3) is 4.12. The highest BCUT2D eigenvalue weighted by molar-refractivity contribution is 5.95. The molecule has 2 aromatic rings. The smallest absolute Gasteiger partial charge is 0.388 e. The van der Waals surface area contributed by atoms with Gasteiger partial charge in [0, 0.05) is 23.9 Å². The maximum atomic E-state index is 12.9. The third-order valence-electron chi connectivity index (χ3n) is 4.52. The molecule has 1 amide bonds. The van der Waals surface area contributed by atoms with Crippen molar-refractivity contribution in [1.82, 2.24) is 9.88 Å². The van der Waals surface area contributed by atoms with Crippen molar-refractivity contribution in [2.24, 2.45) is 0 Å². The largest absolute Gasteiger partial charge is 0.417 e. The number of hydrogen-bond donors (Lipinski definition) is 1. The Hall–Kier alpha value is -2.45. The van der Waals surface area contributed by atoms with Gasteiger partial charge in [-0.25, -0.2) is 0 Å². The zero-order chi connectivity index (χ0) is 19.6. The lowest BCUT2D eigenvalue weighted by Crippen LogP contribution is -2.46. The van der Waals surface area contributed by atoms with Gasteiger partial charge in [0.2, 0.25) is 0 Å². The number of rotatable bonds is 4. The van der Waals surface area contributed by atoms with Gasteiger partial charge in [-0.05, 0) is 31.2 Å². The van der Waals surface area contributed by atoms with Crippen LogP contribution in [0.25, 0.3) is 11.3 Å². The van der Waals surface area contributed by atoms with Crippen LogP contribution in [0.4, 0.5) is 13.2 Å². The van der Waals surface area contributed by atoms with E-state index in [4.69, 9.17) is 4.74 Å². The summed E-state index contributed by atoms with van der Waals surface area (Å²) in [6.45, 7) is 2.65. The number of aliphatic hydroxyl groups is 1. The quantitative estimate of drug-likeness (QED) is 0.886. The Morgan fingerprint density at radius 3 is 2.63 bits per heavy atom. The van der Waals surface area contributed by atoms with Crippen LogP contribution in [0.5, 0.6) is 0 Å². The minimum absolute atomic E-state index is 0.184. The molecule has 1 fully saturated rings. The molecule has 0 aliphatic carbocycles. The zero-order valence-electron chi connectivity index (χ0n) is 14.6. The number of nitrogens with zero attached hydrogens (tertiary/aromatic N) is 2. The summed E-state index contributed by atoms with van der Waals surface area (Å²) in [4.78, 5) is 18.3. The van der Waals surface area contributed by atoms with Crippen molar-refractivity contribution in [1.29, 1.82) is 0 Å². The van der Waals surface area contributed by atoms with Crippen molar-refractivity contribution in [3.05, 3.63) is 53.7 Å². The van der Waals surface area contributed by atoms with E-state index in [0.29, 0.717) is 23.4 Å². The molecule has 1 aromatic carbocycles. The van der Waals surface area contributed by atoms with Gasteiger partial charge in [-0.2, -0.15) is 13.2 Å². The second kappa shape index (κ2) is 7.66. The third-order valence-corrected chi connectivity index (χ3v) is 4.52. The van der Waals surface area contributed by atoms with Gasteiger partial charge < -0.3 is 14.7 Å². The van der Waals surface area contributed by atoms with Crippen LogP contribution in [0, 0.1) is 0 Å². The molecule has 1 aliphatic rings. The summed E-state index contributed by atoms with van der Waals surface area (Å²) < 4.78 is 43.3. The van der Waals surface area contributed by atoms with Crippen LogP contribution in [0.15, 0.2) is 42.6 Å². The van der Waals surface area contributed by atoms with Crippen LogP contribution >= 0.6 is 0 Å². The highest BCUT2D eigenvalue weighted by Crippen LogP contribution is 2.30. The summed E-state index contributed by atoms with van der Waals surface area (Å²) in [6.07, 6.45) is -4.42. The van der Waals surface area contributed by atoms with E-state index >= 15 is 0 Å². The van der Waals surface area contributed by atoms with Crippen molar-refractivity contribution < 1.29 is 27.8 Å². The second-order valence-electron chi connectivity index (χ2n) is 6.27. The average Bonchev–Trinajstić information content (AvgIpc) is 3.07. The molecule has 1 saturated heterocycles. The molecule has 27 heavy (non-hydrogen) atoms. The average molecular weight is 380 g/mol. The van der Waals surface area contributed by atoms with Crippen LogP contribution in [0.2, 0.25) is 0 Å². The van der Waals surface area contributed by atoms with E-state index in [1.807, 2.05) is 6.92 Å². The molecule has 0 bridgehead atoms. The maximum absolute atomic E-state index is 12.9. The standard InChI is InChI=1S/C19H19F3N2O3/c1-2-24(16-10-27-11-17(16)25)18(26)13-5-3-4-12(8-13)15-7-6-14(9-23-15)19(20,21)22/h3-9,16-17,25H,2,10-11H2,1H3. The Labute approximate surface area is 154 Å². The minimum Gasteiger partial charge on any atom is -0.388 e. The van der Waals surface area contributed by atoms with Crippen LogP contribution in [-0.4, -0.2) is 52.8 Å². The molecule has 2 unspecified atom stereocenters. The second-order valence-corrected chi connectivity index (χ2v) is 6.27. The molecule has 0 radical (unpaired) electrons. The summed E-state index contributed by atoms with van der Waals surface area (Å²) in [5.41, 5.74) is 0.416. The van der Waals surface area contributed by atoms with Crippen molar-refractivity contribution in [3.8, 4) is 11.3 Å². The molecule has 8 heteroatoms. The summed E-state index contributed by atoms with van der Waals surface area (Å²) in [6, 6.07) is 8.35. The Kier molecular flexibility index (Phi) is 5.48. The number of ether oxygens (including phenoxy) is 1. The van der Waals surface area contributed by atoms with Crippen molar-refractivity contribution in [2.45, 2.75) is 25.2 Å². The minimum atomic E-state index is -4.45. The van der Waals surface area contributed by atoms with Gasteiger partial charge in [-0.1, -0.05) is 12.1 Å². The SMILES string of the molecule is CCN(C(=O)c1cccc(-c2ccc(C(F)(F)F)cn2)c1)C1COCC1O. The lowest BCUT2D eigenvalue weighted by Gasteiger charge is -2.29. The Morgan fingerprint density at radius 1 is 1.30 bits per heavy atom. The van der Waals surface area contributed by atoms with Crippen LogP contribution in [-0.2, 0) is 10.9 Å². The molecule has 2 heterocycles. The number of aliphatic hydroxyl groups excluding tert-OH is 1. The summed E-state index contributed by atoms with van der Waals surface area (Å²) >= 11 is 0. The molecule has 0 spiro atoms. The Balaban J connectivity index is 1.85. The van der Waals surface area contributed by atoms with E-state index in [0.717, 1.165) is 12.3 Å². The number of benzene rings is 1. The molecule has 1 N–H and O–H groups in total. The van der Waals surface area contributed by atoms with Crippen LogP contribution < -0.4 is 0 Å². The first-order valence-corrected chi connectivity index (χ1v) is 8.51. The fourth-order valence-electron chi connectivity index (χ4n) is 3.07. The van der Waals surface area contributed by atoms with Crippen LogP contribution in [0.1, 0.15) is 22.8 Å². The molecule has 1 aliphatic heterocycles. The number of amides is 1. The normalized spacial score (nSPS) is 19.9. The number of likely N-dealkylation sites (N-methyl/N-ethyl adjacent to an activating group) is 1. The number of carbonyl (C=O) groups is 1. The molecule has 0 saturated carbocycles. The Bertz CT molecular complexity index is 809. The van der Waals surface area contributed by atoms with Gasteiger partial charge in [-0.3, -0.25) is 9.78 Å². The van der Waals surface area contributed by atoms with Gasteiger partial charge in [0.1, 0.15) is 0 Å². The summed E-state index contributed by atoms with van der Waals surface area (Å²) in [5.74, 6) is -0.277. The van der Waals surface area contributed by atoms with Crippen molar-refractivity contribution in [3.63, 3.8) is 0 Å². The molecule has 5 nitrogen and oxygen atoms in total. The lowest BCUT2D eigenvalue weighted by molar-refractivity contribution is -0.137.